The highest BCUT2D eigenvalue weighted by Gasteiger charge is 2.37. The van der Waals surface area contributed by atoms with E-state index in [1.54, 1.807) is 24.8 Å². The number of halogens is 3. The maximum absolute atomic E-state index is 12.9. The average molecular weight is 358 g/mol. The molecule has 3 rings (SSSR count). The van der Waals surface area contributed by atoms with E-state index in [1.807, 2.05) is 4.90 Å². The van der Waals surface area contributed by atoms with Crippen LogP contribution in [0.15, 0.2) is 6.07 Å². The van der Waals surface area contributed by atoms with Gasteiger partial charge in [0.05, 0.1) is 6.61 Å². The molecule has 1 saturated heterocycles. The minimum Gasteiger partial charge on any atom is -0.450 e. The van der Waals surface area contributed by atoms with Crippen LogP contribution in [0.5, 0.6) is 0 Å². The summed E-state index contributed by atoms with van der Waals surface area (Å²) < 4.78 is 44.7. The molecule has 1 amide bonds. The molecule has 0 bridgehead atoms. The number of alkyl halides is 3. The number of anilines is 1. The predicted octanol–water partition coefficient (Wildman–Crippen LogP) is 1.73. The Morgan fingerprint density at radius 2 is 1.92 bits per heavy atom. The molecule has 8 nitrogen and oxygen atoms in total. The van der Waals surface area contributed by atoms with Crippen LogP contribution in [0.3, 0.4) is 0 Å². The lowest BCUT2D eigenvalue weighted by Gasteiger charge is -2.35. The van der Waals surface area contributed by atoms with Crippen molar-refractivity contribution in [2.24, 2.45) is 0 Å². The molecule has 0 spiro atoms. The summed E-state index contributed by atoms with van der Waals surface area (Å²) in [7, 11) is 0. The zero-order valence-corrected chi connectivity index (χ0v) is 13.7. The number of carbonyl (C=O) groups is 1. The first-order valence-electron chi connectivity index (χ1n) is 7.78. The van der Waals surface area contributed by atoms with Gasteiger partial charge in [0.15, 0.2) is 0 Å². The van der Waals surface area contributed by atoms with Crippen LogP contribution in [0.4, 0.5) is 23.8 Å². The van der Waals surface area contributed by atoms with E-state index >= 15 is 0 Å². The molecule has 136 valence electrons. The normalized spacial score (nSPS) is 15.7. The Bertz CT molecular complexity index is 783. The quantitative estimate of drug-likeness (QED) is 0.814. The second-order valence-corrected chi connectivity index (χ2v) is 5.57. The number of amides is 1. The molecule has 0 unspecified atom stereocenters. The van der Waals surface area contributed by atoms with Crippen LogP contribution in [0.2, 0.25) is 0 Å². The molecule has 1 aliphatic heterocycles. The lowest BCUT2D eigenvalue weighted by molar-refractivity contribution is -0.144. The van der Waals surface area contributed by atoms with Gasteiger partial charge in [0, 0.05) is 37.9 Å². The number of nitrogens with zero attached hydrogens (tertiary/aromatic N) is 6. The van der Waals surface area contributed by atoms with Crippen LogP contribution >= 0.6 is 0 Å². The number of hydrogen-bond donors (Lipinski definition) is 0. The SMILES string of the molecule is CCOC(=O)N1CCN(c2cc(C)nc3nc(C(F)(F)F)nn23)CC1. The number of hydrogen-bond acceptors (Lipinski definition) is 6. The number of aromatic nitrogens is 4. The average Bonchev–Trinajstić information content (AvgIpc) is 2.98. The minimum absolute atomic E-state index is 0.102. The second-order valence-electron chi connectivity index (χ2n) is 5.57. The van der Waals surface area contributed by atoms with Gasteiger partial charge in [-0.25, -0.2) is 9.78 Å². The molecule has 0 saturated carbocycles. The Labute approximate surface area is 141 Å². The minimum atomic E-state index is -4.64. The van der Waals surface area contributed by atoms with Crippen molar-refractivity contribution in [1.29, 1.82) is 0 Å². The van der Waals surface area contributed by atoms with Gasteiger partial charge in [-0.1, -0.05) is 0 Å². The third kappa shape index (κ3) is 3.44. The Hall–Kier alpha value is -2.59. The van der Waals surface area contributed by atoms with Gasteiger partial charge in [-0.05, 0) is 13.8 Å². The van der Waals surface area contributed by atoms with E-state index in [4.69, 9.17) is 4.74 Å². The summed E-state index contributed by atoms with van der Waals surface area (Å²) in [6, 6.07) is 1.65. The first kappa shape index (κ1) is 17.2. The summed E-state index contributed by atoms with van der Waals surface area (Å²) in [6.07, 6.45) is -5.03. The molecule has 3 heterocycles. The molecule has 2 aromatic heterocycles. The van der Waals surface area contributed by atoms with E-state index in [0.717, 1.165) is 4.52 Å². The number of ether oxygens (including phenoxy) is 1. The standard InChI is InChI=1S/C14H17F3N6O2/c1-3-25-13(24)22-6-4-21(5-7-22)10-8-9(2)18-12-19-11(14(15,16)17)20-23(10)12/h8H,3-7H2,1-2H3. The van der Waals surface area contributed by atoms with Crippen molar-refractivity contribution in [3.8, 4) is 0 Å². The van der Waals surface area contributed by atoms with Crippen molar-refractivity contribution in [2.45, 2.75) is 20.0 Å². The molecular weight excluding hydrogens is 341 g/mol. The Morgan fingerprint density at radius 1 is 1.24 bits per heavy atom. The third-order valence-corrected chi connectivity index (χ3v) is 3.80. The van der Waals surface area contributed by atoms with Gasteiger partial charge in [0.1, 0.15) is 5.82 Å². The van der Waals surface area contributed by atoms with Crippen molar-refractivity contribution < 1.29 is 22.7 Å². The number of aryl methyl sites for hydroxylation is 1. The van der Waals surface area contributed by atoms with Crippen molar-refractivity contribution in [3.63, 3.8) is 0 Å². The van der Waals surface area contributed by atoms with E-state index in [2.05, 4.69) is 15.1 Å². The molecule has 1 fully saturated rings. The fourth-order valence-electron chi connectivity index (χ4n) is 2.65. The maximum Gasteiger partial charge on any atom is 0.453 e. The monoisotopic (exact) mass is 358 g/mol. The molecule has 0 atom stereocenters. The van der Waals surface area contributed by atoms with Gasteiger partial charge in [0.2, 0.25) is 0 Å². The largest absolute Gasteiger partial charge is 0.453 e. The van der Waals surface area contributed by atoms with Gasteiger partial charge < -0.3 is 14.5 Å². The highest BCUT2D eigenvalue weighted by molar-refractivity contribution is 5.68. The fourth-order valence-corrected chi connectivity index (χ4v) is 2.65. The third-order valence-electron chi connectivity index (χ3n) is 3.80. The highest BCUT2D eigenvalue weighted by atomic mass is 19.4. The van der Waals surface area contributed by atoms with Crippen LogP contribution < -0.4 is 4.90 Å². The van der Waals surface area contributed by atoms with Gasteiger partial charge in [-0.3, -0.25) is 0 Å². The highest BCUT2D eigenvalue weighted by Crippen LogP contribution is 2.28. The summed E-state index contributed by atoms with van der Waals surface area (Å²) in [5.41, 5.74) is 0.538. The van der Waals surface area contributed by atoms with Crippen molar-refractivity contribution in [1.82, 2.24) is 24.5 Å². The topological polar surface area (TPSA) is 75.9 Å². The lowest BCUT2D eigenvalue weighted by Crippen LogP contribution is -2.49. The fraction of sp³-hybridized carbons (Fsp3) is 0.571. The maximum atomic E-state index is 12.9. The molecular formula is C14H17F3N6O2. The van der Waals surface area contributed by atoms with Crippen molar-refractivity contribution in [2.75, 3.05) is 37.7 Å². The van der Waals surface area contributed by atoms with Gasteiger partial charge in [0.25, 0.3) is 11.6 Å². The Kier molecular flexibility index (Phi) is 4.39. The van der Waals surface area contributed by atoms with E-state index in [9.17, 15) is 18.0 Å². The summed E-state index contributed by atoms with van der Waals surface area (Å²) >= 11 is 0. The number of piperazine rings is 1. The number of rotatable bonds is 2. The van der Waals surface area contributed by atoms with Gasteiger partial charge >= 0.3 is 12.3 Å². The van der Waals surface area contributed by atoms with Crippen LogP contribution in [-0.2, 0) is 10.9 Å². The summed E-state index contributed by atoms with van der Waals surface area (Å²) in [5, 5.41) is 3.55. The number of fused-ring (bicyclic) bond motifs is 1. The lowest BCUT2D eigenvalue weighted by atomic mass is 10.3. The molecule has 1 aliphatic rings. The zero-order chi connectivity index (χ0) is 18.2. The van der Waals surface area contributed by atoms with Crippen LogP contribution in [0, 0.1) is 6.92 Å². The summed E-state index contributed by atoms with van der Waals surface area (Å²) in [5.74, 6) is -0.860. The molecule has 0 N–H and O–H groups in total. The summed E-state index contributed by atoms with van der Waals surface area (Å²) in [4.78, 5) is 22.6. The molecule has 0 aromatic carbocycles. The molecule has 2 aromatic rings. The van der Waals surface area contributed by atoms with E-state index in [0.29, 0.717) is 44.3 Å². The van der Waals surface area contributed by atoms with Gasteiger partial charge in [-0.15, -0.1) is 5.10 Å². The van der Waals surface area contributed by atoms with Crippen LogP contribution in [0.25, 0.3) is 5.78 Å². The Balaban J connectivity index is 1.86. The first-order chi connectivity index (χ1) is 11.8. The van der Waals surface area contributed by atoms with E-state index < -0.39 is 18.1 Å². The molecule has 11 heteroatoms. The molecule has 0 aliphatic carbocycles. The number of carbonyl (C=O) groups excluding carboxylic acids is 1. The molecule has 0 radical (unpaired) electrons. The summed E-state index contributed by atoms with van der Waals surface area (Å²) in [6.45, 7) is 5.40. The van der Waals surface area contributed by atoms with Crippen molar-refractivity contribution >= 4 is 17.7 Å². The van der Waals surface area contributed by atoms with Crippen LogP contribution in [-0.4, -0.2) is 63.4 Å². The first-order valence-corrected chi connectivity index (χ1v) is 7.78. The zero-order valence-electron chi connectivity index (χ0n) is 13.7. The van der Waals surface area contributed by atoms with E-state index in [-0.39, 0.29) is 5.78 Å². The Morgan fingerprint density at radius 3 is 2.52 bits per heavy atom. The van der Waals surface area contributed by atoms with Crippen LogP contribution in [0.1, 0.15) is 18.4 Å². The smallest absolute Gasteiger partial charge is 0.450 e. The predicted molar refractivity (Wildman–Crippen MR) is 81.3 cm³/mol. The van der Waals surface area contributed by atoms with Gasteiger partial charge in [-0.2, -0.15) is 22.7 Å². The van der Waals surface area contributed by atoms with Crippen molar-refractivity contribution in [3.05, 3.63) is 17.6 Å². The second kappa shape index (κ2) is 6.37. The van der Waals surface area contributed by atoms with E-state index in [1.165, 1.54) is 0 Å². The molecule has 25 heavy (non-hydrogen) atoms.